The van der Waals surface area contributed by atoms with E-state index in [1.54, 1.807) is 36.4 Å². The van der Waals surface area contributed by atoms with Crippen molar-refractivity contribution in [1.82, 2.24) is 10.2 Å². The molecule has 1 aliphatic carbocycles. The zero-order chi connectivity index (χ0) is 31.7. The number of aryl methyl sites for hydroxylation is 1. The SMILES string of the molecule is CCC(C(=O)NC1CCCCC1)N(Cc1ccc(C)cc1)C(=O)CN(c1ccccc1OC)S(=O)(=O)c1ccc(OC)cc1. The highest BCUT2D eigenvalue weighted by molar-refractivity contribution is 7.92. The van der Waals surface area contributed by atoms with Gasteiger partial charge in [-0.15, -0.1) is 0 Å². The molecular formula is C34H43N3O6S. The Morgan fingerprint density at radius 2 is 1.57 bits per heavy atom. The predicted molar refractivity (Wildman–Crippen MR) is 171 cm³/mol. The first-order valence-corrected chi connectivity index (χ1v) is 16.6. The van der Waals surface area contributed by atoms with Crippen LogP contribution in [0.4, 0.5) is 5.69 Å². The smallest absolute Gasteiger partial charge is 0.264 e. The third-order valence-corrected chi connectivity index (χ3v) is 9.87. The molecule has 3 aromatic carbocycles. The maximum Gasteiger partial charge on any atom is 0.264 e. The van der Waals surface area contributed by atoms with Crippen molar-refractivity contribution in [3.63, 3.8) is 0 Å². The number of para-hydroxylation sites is 2. The first-order chi connectivity index (χ1) is 21.2. The van der Waals surface area contributed by atoms with E-state index in [1.165, 1.54) is 31.3 Å². The van der Waals surface area contributed by atoms with E-state index in [-0.39, 0.29) is 29.1 Å². The minimum Gasteiger partial charge on any atom is -0.497 e. The summed E-state index contributed by atoms with van der Waals surface area (Å²) in [6, 6.07) is 19.7. The summed E-state index contributed by atoms with van der Waals surface area (Å²) >= 11 is 0. The summed E-state index contributed by atoms with van der Waals surface area (Å²) in [6.07, 6.45) is 5.47. The van der Waals surface area contributed by atoms with Crippen LogP contribution < -0.4 is 19.1 Å². The zero-order valence-electron chi connectivity index (χ0n) is 26.0. The molecule has 9 nitrogen and oxygen atoms in total. The van der Waals surface area contributed by atoms with Gasteiger partial charge in [-0.3, -0.25) is 13.9 Å². The molecule has 0 aliphatic heterocycles. The van der Waals surface area contributed by atoms with Gasteiger partial charge in [-0.2, -0.15) is 0 Å². The molecule has 0 aromatic heterocycles. The molecule has 4 rings (SSSR count). The Labute approximate surface area is 261 Å². The molecule has 1 saturated carbocycles. The number of hydrogen-bond donors (Lipinski definition) is 1. The van der Waals surface area contributed by atoms with Crippen molar-refractivity contribution in [2.45, 2.75) is 75.9 Å². The molecule has 1 fully saturated rings. The maximum atomic E-state index is 14.4. The Hall–Kier alpha value is -4.05. The Balaban J connectivity index is 1.73. The van der Waals surface area contributed by atoms with Crippen LogP contribution in [0.25, 0.3) is 0 Å². The molecule has 2 amide bonds. The number of nitrogens with one attached hydrogen (secondary N) is 1. The van der Waals surface area contributed by atoms with E-state index >= 15 is 0 Å². The van der Waals surface area contributed by atoms with E-state index in [1.807, 2.05) is 38.1 Å². The summed E-state index contributed by atoms with van der Waals surface area (Å²) in [5.74, 6) is 0.0772. The fourth-order valence-corrected chi connectivity index (χ4v) is 7.00. The largest absolute Gasteiger partial charge is 0.497 e. The normalized spacial score (nSPS) is 14.4. The maximum absolute atomic E-state index is 14.4. The Morgan fingerprint density at radius 1 is 0.909 bits per heavy atom. The first kappa shape index (κ1) is 32.9. The minimum absolute atomic E-state index is 0.0100. The summed E-state index contributed by atoms with van der Waals surface area (Å²) < 4.78 is 40.1. The lowest BCUT2D eigenvalue weighted by atomic mass is 9.95. The number of carbonyl (C=O) groups excluding carboxylic acids is 2. The number of benzene rings is 3. The molecule has 44 heavy (non-hydrogen) atoms. The summed E-state index contributed by atoms with van der Waals surface area (Å²) in [5, 5.41) is 3.17. The number of amides is 2. The number of methoxy groups -OCH3 is 2. The number of anilines is 1. The second-order valence-electron chi connectivity index (χ2n) is 11.1. The van der Waals surface area contributed by atoms with E-state index in [0.717, 1.165) is 47.5 Å². The molecule has 1 atom stereocenters. The van der Waals surface area contributed by atoms with Crippen molar-refractivity contribution in [3.8, 4) is 11.5 Å². The van der Waals surface area contributed by atoms with Crippen LogP contribution in [0, 0.1) is 6.92 Å². The van der Waals surface area contributed by atoms with Crippen LogP contribution >= 0.6 is 0 Å². The van der Waals surface area contributed by atoms with Gasteiger partial charge in [0.2, 0.25) is 11.8 Å². The molecule has 1 N–H and O–H groups in total. The van der Waals surface area contributed by atoms with Crippen molar-refractivity contribution in [1.29, 1.82) is 0 Å². The Kier molecular flexibility index (Phi) is 11.3. The number of ether oxygens (including phenoxy) is 2. The van der Waals surface area contributed by atoms with E-state index in [9.17, 15) is 18.0 Å². The lowest BCUT2D eigenvalue weighted by molar-refractivity contribution is -0.140. The van der Waals surface area contributed by atoms with Crippen LogP contribution in [0.1, 0.15) is 56.6 Å². The highest BCUT2D eigenvalue weighted by Crippen LogP contribution is 2.33. The molecule has 1 aliphatic rings. The van der Waals surface area contributed by atoms with Gasteiger partial charge in [0.1, 0.15) is 24.1 Å². The molecule has 0 saturated heterocycles. The van der Waals surface area contributed by atoms with Gasteiger partial charge in [-0.1, -0.05) is 68.1 Å². The van der Waals surface area contributed by atoms with Crippen LogP contribution in [0.2, 0.25) is 0 Å². The third kappa shape index (κ3) is 7.91. The Morgan fingerprint density at radius 3 is 2.18 bits per heavy atom. The molecule has 10 heteroatoms. The quantitative estimate of drug-likeness (QED) is 0.272. The zero-order valence-corrected chi connectivity index (χ0v) is 26.8. The molecule has 0 radical (unpaired) electrons. The van der Waals surface area contributed by atoms with Gasteiger partial charge in [0, 0.05) is 12.6 Å². The molecule has 0 heterocycles. The van der Waals surface area contributed by atoms with E-state index in [4.69, 9.17) is 9.47 Å². The van der Waals surface area contributed by atoms with Gasteiger partial charge in [-0.25, -0.2) is 8.42 Å². The Bertz CT molecular complexity index is 1500. The predicted octanol–water partition coefficient (Wildman–Crippen LogP) is 5.46. The monoisotopic (exact) mass is 621 g/mol. The fourth-order valence-electron chi connectivity index (χ4n) is 5.58. The van der Waals surface area contributed by atoms with Crippen molar-refractivity contribution in [2.24, 2.45) is 0 Å². The molecule has 0 bridgehead atoms. The fraction of sp³-hybridized carbons (Fsp3) is 0.412. The van der Waals surface area contributed by atoms with E-state index in [2.05, 4.69) is 5.32 Å². The highest BCUT2D eigenvalue weighted by atomic mass is 32.2. The number of hydrogen-bond acceptors (Lipinski definition) is 6. The van der Waals surface area contributed by atoms with Crippen LogP contribution in [0.15, 0.2) is 77.7 Å². The van der Waals surface area contributed by atoms with Gasteiger partial charge in [0.15, 0.2) is 0 Å². The molecular weight excluding hydrogens is 578 g/mol. The van der Waals surface area contributed by atoms with Crippen LogP contribution in [-0.4, -0.2) is 58.0 Å². The summed E-state index contributed by atoms with van der Waals surface area (Å²) in [5.41, 5.74) is 2.13. The lowest BCUT2D eigenvalue weighted by Crippen LogP contribution is -2.54. The molecule has 0 spiro atoms. The average Bonchev–Trinajstić information content (AvgIpc) is 3.04. The van der Waals surface area contributed by atoms with Crippen molar-refractivity contribution < 1.29 is 27.5 Å². The third-order valence-electron chi connectivity index (χ3n) is 8.09. The highest BCUT2D eigenvalue weighted by Gasteiger charge is 2.35. The summed E-state index contributed by atoms with van der Waals surface area (Å²) in [6.45, 7) is 3.47. The second-order valence-corrected chi connectivity index (χ2v) is 13.0. The van der Waals surface area contributed by atoms with Gasteiger partial charge in [-0.05, 0) is 68.1 Å². The van der Waals surface area contributed by atoms with Crippen LogP contribution in [0.5, 0.6) is 11.5 Å². The van der Waals surface area contributed by atoms with Crippen LogP contribution in [-0.2, 0) is 26.2 Å². The second kappa shape index (κ2) is 15.1. The van der Waals surface area contributed by atoms with Gasteiger partial charge in [0.25, 0.3) is 10.0 Å². The average molecular weight is 622 g/mol. The van der Waals surface area contributed by atoms with Crippen LogP contribution in [0.3, 0.4) is 0 Å². The number of rotatable bonds is 13. The number of carbonyl (C=O) groups is 2. The molecule has 3 aromatic rings. The summed E-state index contributed by atoms with van der Waals surface area (Å²) in [7, 11) is -1.29. The van der Waals surface area contributed by atoms with Gasteiger partial charge >= 0.3 is 0 Å². The molecule has 1 unspecified atom stereocenters. The van der Waals surface area contributed by atoms with E-state index < -0.39 is 28.5 Å². The van der Waals surface area contributed by atoms with Gasteiger partial charge in [0.05, 0.1) is 24.8 Å². The van der Waals surface area contributed by atoms with Gasteiger partial charge < -0.3 is 19.7 Å². The van der Waals surface area contributed by atoms with Crippen molar-refractivity contribution in [2.75, 3.05) is 25.1 Å². The van der Waals surface area contributed by atoms with Crippen molar-refractivity contribution >= 4 is 27.5 Å². The molecule has 236 valence electrons. The first-order valence-electron chi connectivity index (χ1n) is 15.1. The lowest BCUT2D eigenvalue weighted by Gasteiger charge is -2.34. The van der Waals surface area contributed by atoms with Crippen molar-refractivity contribution in [3.05, 3.63) is 83.9 Å². The topological polar surface area (TPSA) is 105 Å². The van der Waals surface area contributed by atoms with E-state index in [0.29, 0.717) is 17.9 Å². The summed E-state index contributed by atoms with van der Waals surface area (Å²) in [4.78, 5) is 29.6. The minimum atomic E-state index is -4.24. The number of nitrogens with zero attached hydrogens (tertiary/aromatic N) is 2. The standard InChI is InChI=1S/C34H43N3O6S/c1-5-30(34(39)35-27-11-7-6-8-12-27)36(23-26-17-15-25(2)16-18-26)33(38)24-37(31-13-9-10-14-32(31)43-4)44(40,41)29-21-19-28(42-3)20-22-29/h9-10,13-22,27,30H,5-8,11-12,23-24H2,1-4H3,(H,35,39). The number of sulfonamides is 1.